The van der Waals surface area contributed by atoms with Gasteiger partial charge in [0, 0.05) is 18.7 Å². The van der Waals surface area contributed by atoms with Crippen molar-refractivity contribution in [1.29, 1.82) is 0 Å². The molecule has 2 rings (SSSR count). The van der Waals surface area contributed by atoms with Gasteiger partial charge in [0.1, 0.15) is 0 Å². The smallest absolute Gasteiger partial charge is 0.221 e. The highest BCUT2D eigenvalue weighted by Gasteiger charge is 2.14. The molecule has 3 N–H and O–H groups in total. The van der Waals surface area contributed by atoms with Gasteiger partial charge in [-0.25, -0.2) is 0 Å². The van der Waals surface area contributed by atoms with Crippen LogP contribution < -0.4 is 16.0 Å². The topological polar surface area (TPSA) is 53.2 Å². The SMILES string of the molecule is CC(=O)Nc1cccc(C(C)NCC2CCNCC2)c1.Cl. The number of piperidine rings is 1. The van der Waals surface area contributed by atoms with E-state index in [0.717, 1.165) is 31.2 Å². The zero-order valence-corrected chi connectivity index (χ0v) is 13.6. The molecule has 118 valence electrons. The van der Waals surface area contributed by atoms with Crippen molar-refractivity contribution in [3.8, 4) is 0 Å². The van der Waals surface area contributed by atoms with Crippen LogP contribution in [0.4, 0.5) is 5.69 Å². The number of halogens is 1. The summed E-state index contributed by atoms with van der Waals surface area (Å²) in [4.78, 5) is 11.1. The van der Waals surface area contributed by atoms with Gasteiger partial charge in [-0.15, -0.1) is 12.4 Å². The number of carbonyl (C=O) groups is 1. The third kappa shape index (κ3) is 6.04. The summed E-state index contributed by atoms with van der Waals surface area (Å²) in [7, 11) is 0. The van der Waals surface area contributed by atoms with E-state index in [-0.39, 0.29) is 18.3 Å². The summed E-state index contributed by atoms with van der Waals surface area (Å²) in [6.45, 7) is 7.05. The molecular formula is C16H26ClN3O. The van der Waals surface area contributed by atoms with Crippen molar-refractivity contribution < 1.29 is 4.79 Å². The van der Waals surface area contributed by atoms with E-state index in [0.29, 0.717) is 6.04 Å². The molecule has 1 aromatic rings. The maximum absolute atomic E-state index is 11.1. The Morgan fingerprint density at radius 3 is 2.76 bits per heavy atom. The fourth-order valence-electron chi connectivity index (χ4n) is 2.64. The summed E-state index contributed by atoms with van der Waals surface area (Å²) in [5.41, 5.74) is 2.08. The van der Waals surface area contributed by atoms with Crippen LogP contribution >= 0.6 is 12.4 Å². The van der Waals surface area contributed by atoms with Crippen molar-refractivity contribution in [3.05, 3.63) is 29.8 Å². The number of amides is 1. The monoisotopic (exact) mass is 311 g/mol. The van der Waals surface area contributed by atoms with Gasteiger partial charge in [0.25, 0.3) is 0 Å². The van der Waals surface area contributed by atoms with Crippen LogP contribution in [-0.4, -0.2) is 25.5 Å². The first-order valence-corrected chi connectivity index (χ1v) is 7.47. The number of rotatable bonds is 5. The van der Waals surface area contributed by atoms with Crippen LogP contribution in [0.5, 0.6) is 0 Å². The van der Waals surface area contributed by atoms with Crippen molar-refractivity contribution in [2.45, 2.75) is 32.7 Å². The van der Waals surface area contributed by atoms with E-state index in [4.69, 9.17) is 0 Å². The third-order valence-electron chi connectivity index (χ3n) is 3.88. The number of carbonyl (C=O) groups excluding carboxylic acids is 1. The molecule has 5 heteroatoms. The van der Waals surface area contributed by atoms with Gasteiger partial charge in [-0.1, -0.05) is 12.1 Å². The van der Waals surface area contributed by atoms with Crippen molar-refractivity contribution >= 4 is 24.0 Å². The standard InChI is InChI=1S/C16H25N3O.ClH/c1-12(18-11-14-6-8-17-9-7-14)15-4-3-5-16(10-15)19-13(2)20;/h3-5,10,12,14,17-18H,6-9,11H2,1-2H3,(H,19,20);1H. The summed E-state index contributed by atoms with van der Waals surface area (Å²) in [5.74, 6) is 0.745. The molecule has 0 aromatic heterocycles. The van der Waals surface area contributed by atoms with E-state index in [1.54, 1.807) is 0 Å². The summed E-state index contributed by atoms with van der Waals surface area (Å²) >= 11 is 0. The Balaban J connectivity index is 0.00000220. The molecule has 0 saturated carbocycles. The first kappa shape index (κ1) is 18.0. The highest BCUT2D eigenvalue weighted by Crippen LogP contribution is 2.18. The minimum absolute atomic E-state index is 0. The fourth-order valence-corrected chi connectivity index (χ4v) is 2.64. The molecule has 1 heterocycles. The normalized spacial score (nSPS) is 16.9. The largest absolute Gasteiger partial charge is 0.326 e. The van der Waals surface area contributed by atoms with Gasteiger partial charge in [0.2, 0.25) is 5.91 Å². The van der Waals surface area contributed by atoms with Gasteiger partial charge < -0.3 is 16.0 Å². The Bertz CT molecular complexity index is 447. The number of anilines is 1. The van der Waals surface area contributed by atoms with Crippen LogP contribution in [-0.2, 0) is 4.79 Å². The lowest BCUT2D eigenvalue weighted by atomic mass is 9.97. The van der Waals surface area contributed by atoms with E-state index in [9.17, 15) is 4.79 Å². The Morgan fingerprint density at radius 2 is 2.10 bits per heavy atom. The van der Waals surface area contributed by atoms with Gasteiger partial charge in [-0.3, -0.25) is 4.79 Å². The average molecular weight is 312 g/mol. The molecule has 4 nitrogen and oxygen atoms in total. The van der Waals surface area contributed by atoms with Gasteiger partial charge in [0.05, 0.1) is 0 Å². The number of benzene rings is 1. The Morgan fingerprint density at radius 1 is 1.38 bits per heavy atom. The van der Waals surface area contributed by atoms with Crippen LogP contribution in [0.15, 0.2) is 24.3 Å². The fraction of sp³-hybridized carbons (Fsp3) is 0.562. The molecule has 1 fully saturated rings. The molecule has 0 aliphatic carbocycles. The molecule has 0 bridgehead atoms. The zero-order valence-electron chi connectivity index (χ0n) is 12.8. The zero-order chi connectivity index (χ0) is 14.4. The van der Waals surface area contributed by atoms with Gasteiger partial charge in [-0.05, 0) is 63.0 Å². The van der Waals surface area contributed by atoms with Crippen LogP contribution in [0, 0.1) is 5.92 Å². The Labute approximate surface area is 133 Å². The van der Waals surface area contributed by atoms with E-state index in [1.165, 1.54) is 25.3 Å². The minimum atomic E-state index is -0.0301. The van der Waals surface area contributed by atoms with Crippen LogP contribution in [0.25, 0.3) is 0 Å². The molecule has 1 saturated heterocycles. The lowest BCUT2D eigenvalue weighted by molar-refractivity contribution is -0.114. The second kappa shape index (κ2) is 9.03. The van der Waals surface area contributed by atoms with E-state index in [1.807, 2.05) is 18.2 Å². The number of hydrogen-bond acceptors (Lipinski definition) is 3. The highest BCUT2D eigenvalue weighted by molar-refractivity contribution is 5.88. The summed E-state index contributed by atoms with van der Waals surface area (Å²) in [5, 5.41) is 9.83. The molecule has 0 radical (unpaired) electrons. The maximum Gasteiger partial charge on any atom is 0.221 e. The van der Waals surface area contributed by atoms with Crippen molar-refractivity contribution in [2.75, 3.05) is 25.0 Å². The lowest BCUT2D eigenvalue weighted by Gasteiger charge is -2.25. The number of nitrogens with one attached hydrogen (secondary N) is 3. The highest BCUT2D eigenvalue weighted by atomic mass is 35.5. The van der Waals surface area contributed by atoms with Crippen LogP contribution in [0.2, 0.25) is 0 Å². The second-order valence-electron chi connectivity index (χ2n) is 5.63. The van der Waals surface area contributed by atoms with E-state index >= 15 is 0 Å². The summed E-state index contributed by atoms with van der Waals surface area (Å²) in [6.07, 6.45) is 2.51. The van der Waals surface area contributed by atoms with Gasteiger partial charge >= 0.3 is 0 Å². The van der Waals surface area contributed by atoms with Crippen molar-refractivity contribution in [2.24, 2.45) is 5.92 Å². The average Bonchev–Trinajstić information content (AvgIpc) is 2.45. The van der Waals surface area contributed by atoms with Crippen molar-refractivity contribution in [3.63, 3.8) is 0 Å². The Kier molecular flexibility index (Phi) is 7.72. The third-order valence-corrected chi connectivity index (χ3v) is 3.88. The molecule has 1 unspecified atom stereocenters. The van der Waals surface area contributed by atoms with Crippen LogP contribution in [0.1, 0.15) is 38.3 Å². The minimum Gasteiger partial charge on any atom is -0.326 e. The quantitative estimate of drug-likeness (QED) is 0.783. The molecule has 1 aromatic carbocycles. The summed E-state index contributed by atoms with van der Waals surface area (Å²) in [6, 6.07) is 8.36. The second-order valence-corrected chi connectivity index (χ2v) is 5.63. The molecular weight excluding hydrogens is 286 g/mol. The first-order valence-electron chi connectivity index (χ1n) is 7.47. The molecule has 0 spiro atoms. The van der Waals surface area contributed by atoms with Gasteiger partial charge in [-0.2, -0.15) is 0 Å². The molecule has 1 amide bonds. The predicted molar refractivity (Wildman–Crippen MR) is 90.0 cm³/mol. The molecule has 1 aliphatic heterocycles. The first-order chi connectivity index (χ1) is 9.65. The van der Waals surface area contributed by atoms with E-state index in [2.05, 4.69) is 28.9 Å². The lowest BCUT2D eigenvalue weighted by Crippen LogP contribution is -2.34. The van der Waals surface area contributed by atoms with Crippen LogP contribution in [0.3, 0.4) is 0 Å². The summed E-state index contributed by atoms with van der Waals surface area (Å²) < 4.78 is 0. The maximum atomic E-state index is 11.1. The molecule has 1 aliphatic rings. The predicted octanol–water partition coefficient (Wildman–Crippen LogP) is 2.72. The number of hydrogen-bond donors (Lipinski definition) is 3. The van der Waals surface area contributed by atoms with Crippen molar-refractivity contribution in [1.82, 2.24) is 10.6 Å². The molecule has 21 heavy (non-hydrogen) atoms. The van der Waals surface area contributed by atoms with E-state index < -0.39 is 0 Å². The van der Waals surface area contributed by atoms with Gasteiger partial charge in [0.15, 0.2) is 0 Å². The molecule has 1 atom stereocenters. The Hall–Kier alpha value is -1.10.